The van der Waals surface area contributed by atoms with Crippen LogP contribution >= 0.6 is 0 Å². The van der Waals surface area contributed by atoms with Crippen molar-refractivity contribution in [1.82, 2.24) is 24.4 Å². The topological polar surface area (TPSA) is 91.6 Å². The Bertz CT molecular complexity index is 1610. The van der Waals surface area contributed by atoms with Gasteiger partial charge >= 0.3 is 5.97 Å². The molecule has 1 saturated heterocycles. The van der Waals surface area contributed by atoms with Crippen LogP contribution in [0.25, 0.3) is 11.0 Å². The molecule has 9 nitrogen and oxygen atoms in total. The number of halogens is 2. The first-order valence-corrected chi connectivity index (χ1v) is 14.7. The number of likely N-dealkylation sites (tertiary alicyclic amines) is 1. The maximum atomic E-state index is 13.9. The number of benzene rings is 2. The summed E-state index contributed by atoms with van der Waals surface area (Å²) in [6.45, 7) is 4.56. The summed E-state index contributed by atoms with van der Waals surface area (Å²) in [5.41, 5.74) is 2.39. The van der Waals surface area contributed by atoms with Gasteiger partial charge < -0.3 is 18.8 Å². The van der Waals surface area contributed by atoms with Crippen LogP contribution in [0.5, 0.6) is 11.6 Å². The molecule has 0 radical (unpaired) electrons. The number of rotatable bonds is 10. The van der Waals surface area contributed by atoms with E-state index in [1.807, 2.05) is 12.1 Å². The van der Waals surface area contributed by atoms with Gasteiger partial charge in [0.2, 0.25) is 5.88 Å². The minimum atomic E-state index is -0.780. The second-order valence-corrected chi connectivity index (χ2v) is 11.4. The fourth-order valence-electron chi connectivity index (χ4n) is 5.80. The average molecular weight is 592 g/mol. The van der Waals surface area contributed by atoms with Gasteiger partial charge in [-0.15, -0.1) is 0 Å². The highest BCUT2D eigenvalue weighted by Gasteiger charge is 2.29. The molecule has 2 fully saturated rings. The van der Waals surface area contributed by atoms with Crippen molar-refractivity contribution in [2.24, 2.45) is 5.92 Å². The Morgan fingerprint density at radius 2 is 1.93 bits per heavy atom. The van der Waals surface area contributed by atoms with Gasteiger partial charge in [0, 0.05) is 37.5 Å². The molecular formula is C32H35F2N5O4. The molecule has 11 heteroatoms. The van der Waals surface area contributed by atoms with E-state index in [-0.39, 0.29) is 30.5 Å². The Labute approximate surface area is 248 Å². The summed E-state index contributed by atoms with van der Waals surface area (Å²) >= 11 is 0. The number of nitrogens with zero attached hydrogens (tertiary/aromatic N) is 5. The van der Waals surface area contributed by atoms with Crippen LogP contribution in [0.4, 0.5) is 8.78 Å². The Hall–Kier alpha value is -4.12. The zero-order valence-corrected chi connectivity index (χ0v) is 24.3. The highest BCUT2D eigenvalue weighted by molar-refractivity contribution is 5.93. The largest absolute Gasteiger partial charge is 0.483 e. The molecule has 1 aliphatic carbocycles. The van der Waals surface area contributed by atoms with E-state index in [4.69, 9.17) is 19.2 Å². The van der Waals surface area contributed by atoms with Crippen molar-refractivity contribution in [2.75, 3.05) is 13.7 Å². The van der Waals surface area contributed by atoms with Crippen molar-refractivity contribution in [2.45, 2.75) is 70.9 Å². The molecule has 43 heavy (non-hydrogen) atoms. The zero-order valence-electron chi connectivity index (χ0n) is 24.3. The van der Waals surface area contributed by atoms with Crippen molar-refractivity contribution in [3.63, 3.8) is 0 Å². The van der Waals surface area contributed by atoms with Crippen LogP contribution in [0.3, 0.4) is 0 Å². The molecule has 1 aliphatic heterocycles. The Morgan fingerprint density at radius 1 is 1.07 bits per heavy atom. The maximum Gasteiger partial charge on any atom is 0.337 e. The third-order valence-corrected chi connectivity index (χ3v) is 8.44. The van der Waals surface area contributed by atoms with Gasteiger partial charge in [-0.05, 0) is 68.9 Å². The third kappa shape index (κ3) is 6.61. The average Bonchev–Trinajstić information content (AvgIpc) is 3.31. The predicted molar refractivity (Wildman–Crippen MR) is 155 cm³/mol. The quantitative estimate of drug-likeness (QED) is 0.217. The van der Waals surface area contributed by atoms with E-state index in [9.17, 15) is 13.6 Å². The van der Waals surface area contributed by atoms with E-state index in [1.54, 1.807) is 18.3 Å². The predicted octanol–water partition coefficient (Wildman–Crippen LogP) is 5.70. The zero-order chi connectivity index (χ0) is 29.9. The van der Waals surface area contributed by atoms with E-state index in [1.165, 1.54) is 32.4 Å². The Balaban J connectivity index is 1.10. The van der Waals surface area contributed by atoms with Crippen LogP contribution < -0.4 is 9.47 Å². The number of aromatic nitrogens is 4. The lowest BCUT2D eigenvalue weighted by molar-refractivity contribution is 0.0533. The molecule has 6 rings (SSSR count). The van der Waals surface area contributed by atoms with Crippen LogP contribution in [-0.2, 0) is 24.4 Å². The molecule has 1 saturated carbocycles. The van der Waals surface area contributed by atoms with Crippen molar-refractivity contribution in [1.29, 1.82) is 0 Å². The lowest BCUT2D eigenvalue weighted by atomic mass is 9.85. The summed E-state index contributed by atoms with van der Waals surface area (Å²) in [5, 5.41) is 0. The van der Waals surface area contributed by atoms with Gasteiger partial charge in [0.1, 0.15) is 24.4 Å². The van der Waals surface area contributed by atoms with Gasteiger partial charge in [0.25, 0.3) is 0 Å². The summed E-state index contributed by atoms with van der Waals surface area (Å²) in [7, 11) is 1.40. The number of carbonyl (C=O) groups excluding carboxylic acids is 1. The fourth-order valence-corrected chi connectivity index (χ4v) is 5.80. The number of methoxy groups -OCH3 is 1. The fraction of sp³-hybridized carbons (Fsp3) is 0.438. The molecule has 0 spiro atoms. The number of hydrogen-bond donors (Lipinski definition) is 0. The second kappa shape index (κ2) is 12.6. The molecule has 2 aromatic heterocycles. The number of esters is 1. The van der Waals surface area contributed by atoms with Gasteiger partial charge in [-0.3, -0.25) is 4.90 Å². The summed E-state index contributed by atoms with van der Waals surface area (Å²) in [6.07, 6.45) is 6.88. The number of imidazole rings is 1. The third-order valence-electron chi connectivity index (χ3n) is 8.44. The molecule has 2 atom stereocenters. The van der Waals surface area contributed by atoms with Crippen molar-refractivity contribution in [3.05, 3.63) is 77.5 Å². The van der Waals surface area contributed by atoms with Crippen molar-refractivity contribution in [3.8, 4) is 11.6 Å². The smallest absolute Gasteiger partial charge is 0.337 e. The Kier molecular flexibility index (Phi) is 8.51. The van der Waals surface area contributed by atoms with E-state index >= 15 is 0 Å². The van der Waals surface area contributed by atoms with Gasteiger partial charge in [0.05, 0.1) is 30.3 Å². The first-order chi connectivity index (χ1) is 20.9. The summed E-state index contributed by atoms with van der Waals surface area (Å²) in [6, 6.07) is 10.7. The van der Waals surface area contributed by atoms with Gasteiger partial charge in [-0.25, -0.2) is 23.5 Å². The van der Waals surface area contributed by atoms with Gasteiger partial charge in [0.15, 0.2) is 17.4 Å². The van der Waals surface area contributed by atoms with Crippen LogP contribution in [0.2, 0.25) is 0 Å². The van der Waals surface area contributed by atoms with Gasteiger partial charge in [-0.1, -0.05) is 6.42 Å². The first-order valence-electron chi connectivity index (χ1n) is 14.7. The van der Waals surface area contributed by atoms with Crippen molar-refractivity contribution < 1.29 is 27.8 Å². The molecule has 226 valence electrons. The molecule has 3 heterocycles. The van der Waals surface area contributed by atoms with E-state index in [0.29, 0.717) is 29.7 Å². The summed E-state index contributed by atoms with van der Waals surface area (Å²) in [4.78, 5) is 28.2. The van der Waals surface area contributed by atoms with Crippen LogP contribution in [0, 0.1) is 17.6 Å². The molecule has 0 N–H and O–H groups in total. The normalized spacial score (nSPS) is 19.3. The van der Waals surface area contributed by atoms with E-state index in [2.05, 4.69) is 26.4 Å². The highest BCUT2D eigenvalue weighted by atomic mass is 19.1. The standard InChI is InChI=1S/C32H35F2N5O4/c1-20-14-24(43-31-10-12-35-29(37-31)19-42-28-9-7-23(33)16-25(28)34)11-13-38(20)18-30-36-26-8-6-22(32(40)41-2)15-27(26)39(30)17-21-4-3-5-21/h6-10,12,15-16,20-21,24H,3-5,11,13-14,17-19H2,1-2H3/t20-,24-/m0/s1. The lowest BCUT2D eigenvalue weighted by Gasteiger charge is -2.37. The minimum Gasteiger partial charge on any atom is -0.483 e. The Morgan fingerprint density at radius 3 is 2.67 bits per heavy atom. The molecule has 2 aliphatic rings. The number of hydrogen-bond acceptors (Lipinski definition) is 8. The molecule has 4 aromatic rings. The second-order valence-electron chi connectivity index (χ2n) is 11.4. The molecular weight excluding hydrogens is 556 g/mol. The van der Waals surface area contributed by atoms with E-state index in [0.717, 1.165) is 54.9 Å². The van der Waals surface area contributed by atoms with E-state index < -0.39 is 11.6 Å². The number of ether oxygens (including phenoxy) is 3. The molecule has 0 unspecified atom stereocenters. The molecule has 0 bridgehead atoms. The van der Waals surface area contributed by atoms with Crippen LogP contribution in [0.15, 0.2) is 48.7 Å². The maximum absolute atomic E-state index is 13.9. The van der Waals surface area contributed by atoms with Crippen LogP contribution in [0.1, 0.15) is 61.0 Å². The van der Waals surface area contributed by atoms with Gasteiger partial charge in [-0.2, -0.15) is 4.98 Å². The van der Waals surface area contributed by atoms with Crippen molar-refractivity contribution >= 4 is 17.0 Å². The first kappa shape index (κ1) is 29.0. The minimum absolute atomic E-state index is 0.0270. The number of carbonyl (C=O) groups is 1. The lowest BCUT2D eigenvalue weighted by Crippen LogP contribution is -2.44. The number of piperidine rings is 1. The summed E-state index contributed by atoms with van der Waals surface area (Å²) < 4.78 is 46.0. The molecule has 2 aromatic carbocycles. The monoisotopic (exact) mass is 591 g/mol. The molecule has 0 amide bonds. The summed E-state index contributed by atoms with van der Waals surface area (Å²) in [5.74, 6) is 0.551. The van der Waals surface area contributed by atoms with Crippen LogP contribution in [-0.4, -0.2) is 56.2 Å². The SMILES string of the molecule is COC(=O)c1ccc2nc(CN3CC[C@H](Oc4ccnc(COc5ccc(F)cc5F)n4)C[C@@H]3C)n(CC3CCC3)c2c1. The highest BCUT2D eigenvalue weighted by Crippen LogP contribution is 2.31. The number of fused-ring (bicyclic) bond motifs is 1.